The highest BCUT2D eigenvalue weighted by atomic mass is 32.1. The molecule has 0 aliphatic carbocycles. The molecule has 0 saturated heterocycles. The van der Waals surface area contributed by atoms with Crippen molar-refractivity contribution in [1.29, 1.82) is 0 Å². The quantitative estimate of drug-likeness (QED) is 0.803. The Kier molecular flexibility index (Phi) is 3.08. The Balaban J connectivity index is 2.28. The van der Waals surface area contributed by atoms with E-state index in [9.17, 15) is 14.3 Å². The number of benzene rings is 1. The third kappa shape index (κ3) is 2.00. The van der Waals surface area contributed by atoms with Crippen molar-refractivity contribution in [1.82, 2.24) is 9.78 Å². The van der Waals surface area contributed by atoms with Crippen LogP contribution in [0, 0.1) is 5.82 Å². The van der Waals surface area contributed by atoms with Crippen LogP contribution in [-0.4, -0.2) is 20.9 Å². The van der Waals surface area contributed by atoms with Crippen molar-refractivity contribution in [2.45, 2.75) is 0 Å². The summed E-state index contributed by atoms with van der Waals surface area (Å²) in [6.07, 6.45) is 1.24. The van der Waals surface area contributed by atoms with Gasteiger partial charge in [-0.3, -0.25) is 0 Å². The predicted molar refractivity (Wildman–Crippen MR) is 73.8 cm³/mol. The number of aromatic nitrogens is 2. The summed E-state index contributed by atoms with van der Waals surface area (Å²) < 4.78 is 15.2. The minimum Gasteiger partial charge on any atom is -0.478 e. The van der Waals surface area contributed by atoms with Crippen molar-refractivity contribution in [2.75, 3.05) is 0 Å². The Labute approximate surface area is 117 Å². The molecule has 0 saturated carbocycles. The molecule has 4 nitrogen and oxygen atoms in total. The molecule has 100 valence electrons. The fourth-order valence-electron chi connectivity index (χ4n) is 1.96. The fraction of sp³-hybridized carbons (Fsp3) is 0. The zero-order valence-corrected chi connectivity index (χ0v) is 11.0. The molecule has 0 aliphatic heterocycles. The van der Waals surface area contributed by atoms with Gasteiger partial charge in [0.15, 0.2) is 0 Å². The number of hydrogen-bond donors (Lipinski definition) is 1. The Morgan fingerprint density at radius 3 is 2.70 bits per heavy atom. The van der Waals surface area contributed by atoms with Gasteiger partial charge in [0.05, 0.1) is 16.8 Å². The molecular formula is C14H9FN2O2S. The Morgan fingerprint density at radius 1 is 1.25 bits per heavy atom. The average molecular weight is 288 g/mol. The van der Waals surface area contributed by atoms with Crippen molar-refractivity contribution in [2.24, 2.45) is 0 Å². The van der Waals surface area contributed by atoms with Crippen LogP contribution in [0.25, 0.3) is 16.3 Å². The maximum Gasteiger partial charge on any atom is 0.339 e. The van der Waals surface area contributed by atoms with Gasteiger partial charge in [0.1, 0.15) is 17.1 Å². The lowest BCUT2D eigenvalue weighted by Gasteiger charge is -2.07. The Bertz CT molecular complexity index is 765. The Morgan fingerprint density at radius 2 is 2.05 bits per heavy atom. The second kappa shape index (κ2) is 4.90. The van der Waals surface area contributed by atoms with Gasteiger partial charge in [0.25, 0.3) is 0 Å². The van der Waals surface area contributed by atoms with E-state index in [0.717, 1.165) is 4.88 Å². The van der Waals surface area contributed by atoms with Crippen LogP contribution < -0.4 is 0 Å². The van der Waals surface area contributed by atoms with E-state index in [1.165, 1.54) is 28.3 Å². The monoisotopic (exact) mass is 288 g/mol. The summed E-state index contributed by atoms with van der Waals surface area (Å²) >= 11 is 1.38. The first-order valence-corrected chi connectivity index (χ1v) is 6.66. The molecule has 0 unspecified atom stereocenters. The van der Waals surface area contributed by atoms with E-state index in [4.69, 9.17) is 0 Å². The molecule has 0 atom stereocenters. The molecule has 2 aromatic heterocycles. The van der Waals surface area contributed by atoms with Crippen molar-refractivity contribution >= 4 is 17.3 Å². The van der Waals surface area contributed by atoms with Crippen LogP contribution >= 0.6 is 11.3 Å². The summed E-state index contributed by atoms with van der Waals surface area (Å²) in [7, 11) is 0. The number of thiophene rings is 1. The number of carboxylic acids is 1. The van der Waals surface area contributed by atoms with E-state index in [1.807, 2.05) is 11.4 Å². The van der Waals surface area contributed by atoms with Crippen LogP contribution in [0.15, 0.2) is 48.0 Å². The van der Waals surface area contributed by atoms with Crippen LogP contribution in [0.1, 0.15) is 10.4 Å². The third-order valence-electron chi connectivity index (χ3n) is 2.83. The standard InChI is InChI=1S/C14H9FN2O2S/c15-10-4-1-2-5-11(10)17-13(12-6-3-7-20-12)9(8-16-17)14(18)19/h1-8H,(H,18,19). The molecule has 0 aliphatic rings. The molecule has 0 radical (unpaired) electrons. The summed E-state index contributed by atoms with van der Waals surface area (Å²) in [5.74, 6) is -1.54. The van der Waals surface area contributed by atoms with Crippen molar-refractivity contribution in [3.05, 3.63) is 59.4 Å². The lowest BCUT2D eigenvalue weighted by molar-refractivity contribution is 0.0698. The van der Waals surface area contributed by atoms with E-state index in [-0.39, 0.29) is 11.3 Å². The number of carbonyl (C=O) groups is 1. The van der Waals surface area contributed by atoms with E-state index in [0.29, 0.717) is 5.69 Å². The first-order valence-electron chi connectivity index (χ1n) is 5.78. The van der Waals surface area contributed by atoms with Crippen molar-refractivity contribution in [3.63, 3.8) is 0 Å². The van der Waals surface area contributed by atoms with Gasteiger partial charge in [-0.1, -0.05) is 18.2 Å². The maximum atomic E-state index is 13.9. The number of hydrogen-bond acceptors (Lipinski definition) is 3. The molecular weight excluding hydrogens is 279 g/mol. The lowest BCUT2D eigenvalue weighted by atomic mass is 10.2. The van der Waals surface area contributed by atoms with Crippen LogP contribution in [0.4, 0.5) is 4.39 Å². The minimum absolute atomic E-state index is 0.0516. The molecule has 0 spiro atoms. The SMILES string of the molecule is O=C(O)c1cnn(-c2ccccc2F)c1-c1cccs1. The van der Waals surface area contributed by atoms with Crippen LogP contribution in [0.3, 0.4) is 0 Å². The van der Waals surface area contributed by atoms with Gasteiger partial charge < -0.3 is 5.11 Å². The molecule has 3 aromatic rings. The van der Waals surface area contributed by atoms with E-state index in [1.54, 1.807) is 24.3 Å². The van der Waals surface area contributed by atoms with E-state index >= 15 is 0 Å². The van der Waals surface area contributed by atoms with E-state index in [2.05, 4.69) is 5.10 Å². The van der Waals surface area contributed by atoms with Gasteiger partial charge in [-0.2, -0.15) is 5.10 Å². The van der Waals surface area contributed by atoms with E-state index < -0.39 is 11.8 Å². The highest BCUT2D eigenvalue weighted by Gasteiger charge is 2.21. The molecule has 0 fully saturated rings. The average Bonchev–Trinajstić information content (AvgIpc) is 3.07. The number of aromatic carboxylic acids is 1. The maximum absolute atomic E-state index is 13.9. The van der Waals surface area contributed by atoms with Crippen LogP contribution in [0.2, 0.25) is 0 Å². The van der Waals surface area contributed by atoms with Crippen molar-refractivity contribution < 1.29 is 14.3 Å². The van der Waals surface area contributed by atoms with Gasteiger partial charge in [-0.25, -0.2) is 13.9 Å². The largest absolute Gasteiger partial charge is 0.478 e. The summed E-state index contributed by atoms with van der Waals surface area (Å²) in [5, 5.41) is 15.1. The number of halogens is 1. The fourth-order valence-corrected chi connectivity index (χ4v) is 2.73. The normalized spacial score (nSPS) is 10.7. The molecule has 20 heavy (non-hydrogen) atoms. The van der Waals surface area contributed by atoms with Gasteiger partial charge in [-0.05, 0) is 23.6 Å². The molecule has 0 bridgehead atoms. The second-order valence-electron chi connectivity index (χ2n) is 4.05. The van der Waals surface area contributed by atoms with Gasteiger partial charge in [0.2, 0.25) is 0 Å². The highest BCUT2D eigenvalue weighted by molar-refractivity contribution is 7.13. The molecule has 2 heterocycles. The molecule has 1 N–H and O–H groups in total. The Hall–Kier alpha value is -2.47. The lowest BCUT2D eigenvalue weighted by Crippen LogP contribution is -2.03. The topological polar surface area (TPSA) is 55.1 Å². The summed E-state index contributed by atoms with van der Waals surface area (Å²) in [5.41, 5.74) is 0.664. The highest BCUT2D eigenvalue weighted by Crippen LogP contribution is 2.30. The summed E-state index contributed by atoms with van der Waals surface area (Å²) in [4.78, 5) is 12.0. The molecule has 3 rings (SSSR count). The number of para-hydroxylation sites is 1. The first-order chi connectivity index (χ1) is 9.68. The second-order valence-corrected chi connectivity index (χ2v) is 5.00. The first kappa shape index (κ1) is 12.6. The zero-order chi connectivity index (χ0) is 14.1. The number of nitrogens with zero attached hydrogens (tertiary/aromatic N) is 2. The minimum atomic E-state index is -1.09. The van der Waals surface area contributed by atoms with Gasteiger partial charge in [-0.15, -0.1) is 11.3 Å². The molecule has 6 heteroatoms. The summed E-state index contributed by atoms with van der Waals surface area (Å²) in [6.45, 7) is 0. The predicted octanol–water partition coefficient (Wildman–Crippen LogP) is 3.44. The van der Waals surface area contributed by atoms with Gasteiger partial charge >= 0.3 is 5.97 Å². The summed E-state index contributed by atoms with van der Waals surface area (Å²) in [6, 6.07) is 9.72. The van der Waals surface area contributed by atoms with Crippen molar-refractivity contribution in [3.8, 4) is 16.3 Å². The third-order valence-corrected chi connectivity index (χ3v) is 3.71. The number of carboxylic acid groups (broad SMARTS) is 1. The van der Waals surface area contributed by atoms with Crippen LogP contribution in [0.5, 0.6) is 0 Å². The smallest absolute Gasteiger partial charge is 0.339 e. The number of rotatable bonds is 3. The molecule has 0 amide bonds. The van der Waals surface area contributed by atoms with Gasteiger partial charge in [0, 0.05) is 0 Å². The van der Waals surface area contributed by atoms with Crippen LogP contribution in [-0.2, 0) is 0 Å². The molecule has 1 aromatic carbocycles. The zero-order valence-electron chi connectivity index (χ0n) is 10.2.